The van der Waals surface area contributed by atoms with Crippen molar-refractivity contribution in [3.63, 3.8) is 0 Å². The molecule has 1 aliphatic heterocycles. The van der Waals surface area contributed by atoms with Gasteiger partial charge in [-0.3, -0.25) is 9.36 Å². The molecule has 1 unspecified atom stereocenters. The van der Waals surface area contributed by atoms with E-state index in [0.29, 0.717) is 18.3 Å². The van der Waals surface area contributed by atoms with Gasteiger partial charge in [-0.15, -0.1) is 12.4 Å². The molecular weight excluding hydrogens is 501 g/mol. The van der Waals surface area contributed by atoms with Crippen molar-refractivity contribution < 1.29 is 9.47 Å². The van der Waals surface area contributed by atoms with Crippen LogP contribution in [0.3, 0.4) is 0 Å². The highest BCUT2D eigenvalue weighted by Crippen LogP contribution is 2.45. The highest BCUT2D eigenvalue weighted by Gasteiger charge is 2.40. The van der Waals surface area contributed by atoms with Gasteiger partial charge in [0.25, 0.3) is 5.56 Å². The average molecular weight is 527 g/mol. The standard InChI is InChI=1S/C24H25Cl2N3O4.ClH/c1-32-18-5-3-4-14-13(18)7-6-12-11-27-17(19(12)14)8-9-29-23(30)15-10-16(25)22(33-2)20(26)21(15)28-24(29)31;/h3-5,10,12,17,19,27H,6-9,11H2,1-2H3,(H,28,31);1H/t12-,17?,19+;/m0./s1. The Morgan fingerprint density at radius 3 is 2.71 bits per heavy atom. The third kappa shape index (κ3) is 3.98. The van der Waals surface area contributed by atoms with E-state index in [2.05, 4.69) is 16.4 Å². The molecule has 0 bridgehead atoms. The molecular formula is C24H26Cl3N3O4. The molecule has 0 amide bonds. The summed E-state index contributed by atoms with van der Waals surface area (Å²) in [7, 11) is 3.14. The summed E-state index contributed by atoms with van der Waals surface area (Å²) >= 11 is 12.6. The van der Waals surface area contributed by atoms with Crippen molar-refractivity contribution >= 4 is 46.5 Å². The Hall–Kier alpha value is -2.19. The van der Waals surface area contributed by atoms with E-state index in [1.807, 2.05) is 12.1 Å². The first-order valence-corrected chi connectivity index (χ1v) is 11.8. The van der Waals surface area contributed by atoms with Crippen molar-refractivity contribution in [1.29, 1.82) is 0 Å². The number of aromatic amines is 1. The Bertz CT molecular complexity index is 1350. The van der Waals surface area contributed by atoms with Gasteiger partial charge in [0.1, 0.15) is 10.8 Å². The molecule has 2 aromatic carbocycles. The number of nitrogens with one attached hydrogen (secondary N) is 2. The van der Waals surface area contributed by atoms with Crippen LogP contribution in [0, 0.1) is 5.92 Å². The Morgan fingerprint density at radius 1 is 1.18 bits per heavy atom. The molecule has 34 heavy (non-hydrogen) atoms. The summed E-state index contributed by atoms with van der Waals surface area (Å²) in [6.07, 6.45) is 2.74. The van der Waals surface area contributed by atoms with Crippen LogP contribution < -0.4 is 26.0 Å². The number of nitrogens with zero attached hydrogens (tertiary/aromatic N) is 1. The number of halogens is 3. The van der Waals surface area contributed by atoms with Gasteiger partial charge in [-0.05, 0) is 55.0 Å². The average Bonchev–Trinajstić information content (AvgIpc) is 3.23. The second-order valence-corrected chi connectivity index (χ2v) is 9.46. The second-order valence-electron chi connectivity index (χ2n) is 8.67. The second kappa shape index (κ2) is 9.82. The van der Waals surface area contributed by atoms with Gasteiger partial charge in [0.05, 0.1) is 30.1 Å². The van der Waals surface area contributed by atoms with Gasteiger partial charge < -0.3 is 19.8 Å². The van der Waals surface area contributed by atoms with Crippen molar-refractivity contribution in [2.45, 2.75) is 37.8 Å². The van der Waals surface area contributed by atoms with E-state index in [9.17, 15) is 9.59 Å². The first-order valence-electron chi connectivity index (χ1n) is 11.0. The van der Waals surface area contributed by atoms with Gasteiger partial charge in [0.15, 0.2) is 5.75 Å². The Balaban J connectivity index is 0.00000274. The van der Waals surface area contributed by atoms with Crippen LogP contribution in [0.1, 0.15) is 29.9 Å². The van der Waals surface area contributed by atoms with Crippen LogP contribution in [0.4, 0.5) is 0 Å². The normalized spacial score (nSPS) is 21.0. The Morgan fingerprint density at radius 2 is 1.97 bits per heavy atom. The fraction of sp³-hybridized carbons (Fsp3) is 0.417. The zero-order valence-electron chi connectivity index (χ0n) is 18.8. The summed E-state index contributed by atoms with van der Waals surface area (Å²) in [5.41, 5.74) is 1.90. The number of rotatable bonds is 5. The molecule has 3 aromatic rings. The zero-order valence-corrected chi connectivity index (χ0v) is 21.1. The predicted octanol–water partition coefficient (Wildman–Crippen LogP) is 4.14. The summed E-state index contributed by atoms with van der Waals surface area (Å²) in [6, 6.07) is 7.88. The minimum Gasteiger partial charge on any atom is -0.496 e. The smallest absolute Gasteiger partial charge is 0.328 e. The maximum Gasteiger partial charge on any atom is 0.328 e. The summed E-state index contributed by atoms with van der Waals surface area (Å²) < 4.78 is 12.0. The summed E-state index contributed by atoms with van der Waals surface area (Å²) in [4.78, 5) is 28.7. The number of fused-ring (bicyclic) bond motifs is 4. The largest absolute Gasteiger partial charge is 0.496 e. The Labute approximate surface area is 212 Å². The van der Waals surface area contributed by atoms with E-state index < -0.39 is 11.2 Å². The van der Waals surface area contributed by atoms with Crippen LogP contribution in [-0.2, 0) is 13.0 Å². The Kier molecular flexibility index (Phi) is 7.20. The summed E-state index contributed by atoms with van der Waals surface area (Å²) in [5.74, 6) is 2.02. The first-order chi connectivity index (χ1) is 15.9. The maximum absolute atomic E-state index is 13.2. The lowest BCUT2D eigenvalue weighted by molar-refractivity contribution is 0.371. The number of aromatic nitrogens is 2. The van der Waals surface area contributed by atoms with E-state index in [1.54, 1.807) is 7.11 Å². The SMILES string of the molecule is COc1cccc2c1CC[C@H]1CNC(CCn3c(=O)[nH]c4c(Cl)c(OC)c(Cl)cc4c3=O)[C@@H]21.Cl. The third-order valence-corrected chi connectivity index (χ3v) is 7.74. The molecule has 0 spiro atoms. The maximum atomic E-state index is 13.2. The first kappa shape index (κ1) is 24.9. The third-order valence-electron chi connectivity index (χ3n) is 7.09. The fourth-order valence-corrected chi connectivity index (χ4v) is 6.22. The monoisotopic (exact) mass is 525 g/mol. The van der Waals surface area contributed by atoms with Crippen molar-refractivity contribution in [2.24, 2.45) is 5.92 Å². The van der Waals surface area contributed by atoms with Gasteiger partial charge in [-0.2, -0.15) is 0 Å². The van der Waals surface area contributed by atoms with Crippen molar-refractivity contribution in [1.82, 2.24) is 14.9 Å². The predicted molar refractivity (Wildman–Crippen MR) is 137 cm³/mol. The van der Waals surface area contributed by atoms with Crippen molar-refractivity contribution in [2.75, 3.05) is 20.8 Å². The van der Waals surface area contributed by atoms with Crippen molar-refractivity contribution in [3.05, 3.63) is 66.3 Å². The van der Waals surface area contributed by atoms with Gasteiger partial charge >= 0.3 is 5.69 Å². The van der Waals surface area contributed by atoms with E-state index in [4.69, 9.17) is 32.7 Å². The van der Waals surface area contributed by atoms with E-state index in [1.165, 1.54) is 28.9 Å². The minimum absolute atomic E-state index is 0. The van der Waals surface area contributed by atoms with Gasteiger partial charge in [0, 0.05) is 18.5 Å². The number of H-pyrrole nitrogens is 1. The summed E-state index contributed by atoms with van der Waals surface area (Å²) in [5, 5.41) is 4.23. The van der Waals surface area contributed by atoms with E-state index >= 15 is 0 Å². The number of ether oxygens (including phenoxy) is 2. The molecule has 1 aromatic heterocycles. The molecule has 2 N–H and O–H groups in total. The molecule has 7 nitrogen and oxygen atoms in total. The topological polar surface area (TPSA) is 85.3 Å². The number of hydrogen-bond donors (Lipinski definition) is 2. The lowest BCUT2D eigenvalue weighted by Gasteiger charge is -2.32. The number of hydrogen-bond acceptors (Lipinski definition) is 5. The van der Waals surface area contributed by atoms with Crippen LogP contribution in [0.2, 0.25) is 10.0 Å². The van der Waals surface area contributed by atoms with Crippen LogP contribution in [0.15, 0.2) is 33.9 Å². The van der Waals surface area contributed by atoms with E-state index in [-0.39, 0.29) is 51.7 Å². The zero-order chi connectivity index (χ0) is 23.3. The number of benzene rings is 2. The molecule has 0 radical (unpaired) electrons. The molecule has 0 saturated carbocycles. The van der Waals surface area contributed by atoms with E-state index in [0.717, 1.165) is 25.1 Å². The molecule has 10 heteroatoms. The summed E-state index contributed by atoms with van der Waals surface area (Å²) in [6.45, 7) is 1.21. The fourth-order valence-electron chi connectivity index (χ4n) is 5.56. The molecule has 1 fully saturated rings. The van der Waals surface area contributed by atoms with Gasteiger partial charge in [0.2, 0.25) is 0 Å². The van der Waals surface area contributed by atoms with Crippen LogP contribution in [0.25, 0.3) is 10.9 Å². The van der Waals surface area contributed by atoms with Gasteiger partial charge in [-0.1, -0.05) is 35.3 Å². The van der Waals surface area contributed by atoms with Crippen molar-refractivity contribution in [3.8, 4) is 11.5 Å². The molecule has 1 aliphatic carbocycles. The molecule has 182 valence electrons. The lowest BCUT2D eigenvalue weighted by Crippen LogP contribution is -2.38. The number of methoxy groups -OCH3 is 2. The quantitative estimate of drug-likeness (QED) is 0.522. The van der Waals surface area contributed by atoms with Crippen LogP contribution in [0.5, 0.6) is 11.5 Å². The van der Waals surface area contributed by atoms with Crippen LogP contribution >= 0.6 is 35.6 Å². The molecule has 3 atom stereocenters. The van der Waals surface area contributed by atoms with Gasteiger partial charge in [-0.25, -0.2) is 4.79 Å². The molecule has 2 aliphatic rings. The van der Waals surface area contributed by atoms with Crippen LogP contribution in [-0.4, -0.2) is 36.4 Å². The molecule has 1 saturated heterocycles. The highest BCUT2D eigenvalue weighted by molar-refractivity contribution is 6.40. The highest BCUT2D eigenvalue weighted by atomic mass is 35.5. The molecule has 5 rings (SSSR count). The molecule has 2 heterocycles. The lowest BCUT2D eigenvalue weighted by atomic mass is 9.73. The minimum atomic E-state index is -0.501.